The van der Waals surface area contributed by atoms with Gasteiger partial charge in [0.2, 0.25) is 5.91 Å². The summed E-state index contributed by atoms with van der Waals surface area (Å²) in [5.41, 5.74) is -0.363. The van der Waals surface area contributed by atoms with Crippen LogP contribution >= 0.6 is 0 Å². The molecular formula is C26H49N3O2. The van der Waals surface area contributed by atoms with E-state index in [4.69, 9.17) is 0 Å². The van der Waals surface area contributed by atoms with Gasteiger partial charge in [0, 0.05) is 23.5 Å². The number of ketones is 1. The lowest BCUT2D eigenvalue weighted by atomic mass is 9.70. The average molecular weight is 436 g/mol. The van der Waals surface area contributed by atoms with Crippen molar-refractivity contribution in [3.8, 4) is 0 Å². The first-order valence-electron chi connectivity index (χ1n) is 12.7. The third kappa shape index (κ3) is 8.84. The highest BCUT2D eigenvalue weighted by Crippen LogP contribution is 2.39. The zero-order chi connectivity index (χ0) is 23.2. The van der Waals surface area contributed by atoms with Gasteiger partial charge in [0.25, 0.3) is 0 Å². The largest absolute Gasteiger partial charge is 0.352 e. The Morgan fingerprint density at radius 2 is 1.42 bits per heavy atom. The van der Waals surface area contributed by atoms with Crippen LogP contribution in [0.25, 0.3) is 0 Å². The van der Waals surface area contributed by atoms with Gasteiger partial charge in [-0.25, -0.2) is 0 Å². The molecule has 2 saturated carbocycles. The van der Waals surface area contributed by atoms with E-state index in [1.54, 1.807) is 0 Å². The lowest BCUT2D eigenvalue weighted by Crippen LogP contribution is -2.47. The number of nitrogens with one attached hydrogen (secondary N) is 3. The van der Waals surface area contributed by atoms with Crippen molar-refractivity contribution in [1.82, 2.24) is 16.0 Å². The van der Waals surface area contributed by atoms with Gasteiger partial charge < -0.3 is 16.0 Å². The zero-order valence-corrected chi connectivity index (χ0v) is 21.2. The Hall–Kier alpha value is -0.940. The summed E-state index contributed by atoms with van der Waals surface area (Å²) < 4.78 is 0. The van der Waals surface area contributed by atoms with Crippen molar-refractivity contribution in [3.63, 3.8) is 0 Å². The molecule has 0 aromatic heterocycles. The van der Waals surface area contributed by atoms with Crippen LogP contribution in [0.15, 0.2) is 0 Å². The van der Waals surface area contributed by atoms with E-state index in [0.717, 1.165) is 24.2 Å². The molecule has 6 atom stereocenters. The molecule has 0 bridgehead atoms. The third-order valence-corrected chi connectivity index (χ3v) is 7.52. The zero-order valence-electron chi connectivity index (χ0n) is 21.2. The molecule has 3 N–H and O–H groups in total. The second-order valence-electron chi connectivity index (χ2n) is 11.9. The first-order chi connectivity index (χ1) is 14.5. The highest BCUT2D eigenvalue weighted by Gasteiger charge is 2.33. The van der Waals surface area contributed by atoms with E-state index in [2.05, 4.69) is 43.6 Å². The summed E-state index contributed by atoms with van der Waals surface area (Å²) in [6, 6.07) is 1.53. The fourth-order valence-electron chi connectivity index (χ4n) is 5.62. The SMILES string of the molecule is CC(C)NC1CCC(CC2CCC(NC(=O)CNCC(=O)C(C)(C)C)C(C)C2)CC1C. The first kappa shape index (κ1) is 26.3. The summed E-state index contributed by atoms with van der Waals surface area (Å²) in [6.45, 7) is 15.4. The highest BCUT2D eigenvalue weighted by atomic mass is 16.2. The molecule has 5 nitrogen and oxygen atoms in total. The average Bonchev–Trinajstić information content (AvgIpc) is 2.65. The van der Waals surface area contributed by atoms with Crippen molar-refractivity contribution >= 4 is 11.7 Å². The number of rotatable bonds is 9. The Bertz CT molecular complexity index is 584. The van der Waals surface area contributed by atoms with Crippen LogP contribution in [0.3, 0.4) is 0 Å². The Labute approximate surface area is 191 Å². The molecular weight excluding hydrogens is 386 g/mol. The summed E-state index contributed by atoms with van der Waals surface area (Å²) in [4.78, 5) is 24.3. The van der Waals surface area contributed by atoms with Gasteiger partial charge >= 0.3 is 0 Å². The maximum absolute atomic E-state index is 12.3. The van der Waals surface area contributed by atoms with E-state index in [9.17, 15) is 9.59 Å². The number of hydrogen-bond donors (Lipinski definition) is 3. The molecule has 2 aliphatic rings. The van der Waals surface area contributed by atoms with E-state index in [-0.39, 0.29) is 36.2 Å². The molecule has 0 aromatic carbocycles. The predicted molar refractivity (Wildman–Crippen MR) is 129 cm³/mol. The number of carbonyl (C=O) groups is 2. The highest BCUT2D eigenvalue weighted by molar-refractivity contribution is 5.86. The minimum Gasteiger partial charge on any atom is -0.352 e. The molecule has 0 aromatic rings. The summed E-state index contributed by atoms with van der Waals surface area (Å²) >= 11 is 0. The smallest absolute Gasteiger partial charge is 0.234 e. The minimum atomic E-state index is -0.363. The molecule has 0 radical (unpaired) electrons. The van der Waals surface area contributed by atoms with Crippen LogP contribution < -0.4 is 16.0 Å². The van der Waals surface area contributed by atoms with Crippen molar-refractivity contribution in [2.45, 2.75) is 112 Å². The van der Waals surface area contributed by atoms with Gasteiger partial charge in [-0.15, -0.1) is 0 Å². The normalized spacial score (nSPS) is 32.1. The third-order valence-electron chi connectivity index (χ3n) is 7.52. The Morgan fingerprint density at radius 1 is 0.871 bits per heavy atom. The molecule has 2 aliphatic carbocycles. The van der Waals surface area contributed by atoms with E-state index < -0.39 is 0 Å². The first-order valence-corrected chi connectivity index (χ1v) is 12.7. The summed E-state index contributed by atoms with van der Waals surface area (Å²) in [5, 5.41) is 9.98. The Balaban J connectivity index is 1.68. The van der Waals surface area contributed by atoms with Crippen molar-refractivity contribution in [1.29, 1.82) is 0 Å². The molecule has 6 unspecified atom stereocenters. The molecule has 2 rings (SSSR count). The van der Waals surface area contributed by atoms with Crippen LogP contribution in [0.2, 0.25) is 0 Å². The van der Waals surface area contributed by atoms with Crippen molar-refractivity contribution in [2.24, 2.45) is 29.1 Å². The number of hydrogen-bond acceptors (Lipinski definition) is 4. The van der Waals surface area contributed by atoms with E-state index in [1.165, 1.54) is 38.5 Å². The molecule has 1 amide bonds. The van der Waals surface area contributed by atoms with Crippen LogP contribution in [0.5, 0.6) is 0 Å². The topological polar surface area (TPSA) is 70.2 Å². The van der Waals surface area contributed by atoms with Gasteiger partial charge in [0.05, 0.1) is 13.1 Å². The van der Waals surface area contributed by atoms with Crippen molar-refractivity contribution in [2.75, 3.05) is 13.1 Å². The number of Topliss-reactive ketones (excluding diaryl/α,β-unsaturated/α-hetero) is 1. The minimum absolute atomic E-state index is 0.0156. The maximum Gasteiger partial charge on any atom is 0.234 e. The van der Waals surface area contributed by atoms with E-state index in [0.29, 0.717) is 18.0 Å². The molecule has 180 valence electrons. The Morgan fingerprint density at radius 3 is 1.90 bits per heavy atom. The number of carbonyl (C=O) groups excluding carboxylic acids is 2. The standard InChI is InChI=1S/C26H49N3O2/c1-17(2)28-22-10-8-20(12-18(22)3)14-21-9-11-23(19(4)13-21)29-25(31)16-27-15-24(30)26(5,6)7/h17-23,27-28H,8-16H2,1-7H3,(H,29,31). The maximum atomic E-state index is 12.3. The Kier molecular flexibility index (Phi) is 10.0. The molecule has 0 aliphatic heterocycles. The molecule has 0 heterocycles. The van der Waals surface area contributed by atoms with E-state index in [1.807, 2.05) is 20.8 Å². The van der Waals surface area contributed by atoms with Crippen LogP contribution in [0, 0.1) is 29.1 Å². The van der Waals surface area contributed by atoms with E-state index >= 15 is 0 Å². The molecule has 31 heavy (non-hydrogen) atoms. The van der Waals surface area contributed by atoms with Gasteiger partial charge in [0.1, 0.15) is 0 Å². The van der Waals surface area contributed by atoms with Gasteiger partial charge in [-0.2, -0.15) is 0 Å². The monoisotopic (exact) mass is 435 g/mol. The predicted octanol–water partition coefficient (Wildman–Crippen LogP) is 4.31. The molecule has 0 spiro atoms. The van der Waals surface area contributed by atoms with Crippen LogP contribution in [0.1, 0.15) is 93.4 Å². The van der Waals surface area contributed by atoms with Crippen LogP contribution in [-0.2, 0) is 9.59 Å². The second kappa shape index (κ2) is 11.8. The summed E-state index contributed by atoms with van der Waals surface area (Å²) in [5.74, 6) is 3.12. The molecule has 2 fully saturated rings. The quantitative estimate of drug-likeness (QED) is 0.505. The lowest BCUT2D eigenvalue weighted by molar-refractivity contribution is -0.125. The van der Waals surface area contributed by atoms with Gasteiger partial charge in [-0.1, -0.05) is 48.5 Å². The van der Waals surface area contributed by atoms with Gasteiger partial charge in [-0.05, 0) is 68.6 Å². The van der Waals surface area contributed by atoms with Gasteiger partial charge in [0.15, 0.2) is 5.78 Å². The lowest BCUT2D eigenvalue weighted by Gasteiger charge is -2.40. The van der Waals surface area contributed by atoms with Crippen molar-refractivity contribution in [3.05, 3.63) is 0 Å². The number of amides is 1. The second-order valence-corrected chi connectivity index (χ2v) is 11.9. The summed E-state index contributed by atoms with van der Waals surface area (Å²) in [6.07, 6.45) is 8.92. The molecule has 5 heteroatoms. The fourth-order valence-corrected chi connectivity index (χ4v) is 5.62. The van der Waals surface area contributed by atoms with Crippen LogP contribution in [-0.4, -0.2) is 42.9 Å². The van der Waals surface area contributed by atoms with Gasteiger partial charge in [-0.3, -0.25) is 9.59 Å². The fraction of sp³-hybridized carbons (Fsp3) is 0.923. The molecule has 0 saturated heterocycles. The van der Waals surface area contributed by atoms with Crippen LogP contribution in [0.4, 0.5) is 0 Å². The summed E-state index contributed by atoms with van der Waals surface area (Å²) in [7, 11) is 0. The van der Waals surface area contributed by atoms with Crippen molar-refractivity contribution < 1.29 is 9.59 Å².